The monoisotopic (exact) mass is 366 g/mol. The summed E-state index contributed by atoms with van der Waals surface area (Å²) in [6, 6.07) is -0.809. The number of halogens is 3. The maximum Gasteiger partial charge on any atom is 0.394 e. The van der Waals surface area contributed by atoms with Crippen LogP contribution in [0.3, 0.4) is 0 Å². The van der Waals surface area contributed by atoms with Crippen molar-refractivity contribution >= 4 is 29.5 Å². The second-order valence-electron chi connectivity index (χ2n) is 6.60. The third-order valence-corrected chi connectivity index (χ3v) is 6.60. The molecule has 0 spiro atoms. The van der Waals surface area contributed by atoms with Crippen LogP contribution in [0.1, 0.15) is 19.8 Å². The molecule has 3 saturated heterocycles. The molecule has 6 nitrogen and oxygen atoms in total. The molecule has 4 atom stereocenters. The van der Waals surface area contributed by atoms with Crippen LogP contribution in [0.15, 0.2) is 0 Å². The van der Waals surface area contributed by atoms with Crippen LogP contribution >= 0.6 is 11.8 Å². The van der Waals surface area contributed by atoms with Gasteiger partial charge in [-0.15, -0.1) is 11.8 Å². The lowest BCUT2D eigenvalue weighted by Crippen LogP contribution is -2.51. The molecule has 0 aliphatic carbocycles. The number of carboxylic acid groups (broad SMARTS) is 1. The van der Waals surface area contributed by atoms with Gasteiger partial charge in [0.15, 0.2) is 0 Å². The zero-order valence-electron chi connectivity index (χ0n) is 12.9. The second-order valence-corrected chi connectivity index (χ2v) is 8.10. The Morgan fingerprint density at radius 3 is 2.54 bits per heavy atom. The number of hydrogen-bond acceptors (Lipinski definition) is 4. The number of aliphatic carboxylic acids is 1. The van der Waals surface area contributed by atoms with Gasteiger partial charge in [0, 0.05) is 25.3 Å². The van der Waals surface area contributed by atoms with Crippen molar-refractivity contribution in [1.82, 2.24) is 9.80 Å². The van der Waals surface area contributed by atoms with Crippen LogP contribution < -0.4 is 0 Å². The molecule has 3 rings (SSSR count). The summed E-state index contributed by atoms with van der Waals surface area (Å²) in [5.41, 5.74) is 0. The maximum atomic E-state index is 13.1. The molecule has 10 heteroatoms. The number of fused-ring (bicyclic) bond motifs is 1. The molecular formula is C14H17F3N2O4S. The van der Waals surface area contributed by atoms with Crippen LogP contribution in [-0.4, -0.2) is 68.6 Å². The van der Waals surface area contributed by atoms with Crippen LogP contribution in [0.4, 0.5) is 13.2 Å². The topological polar surface area (TPSA) is 77.9 Å². The van der Waals surface area contributed by atoms with E-state index in [1.165, 1.54) is 16.7 Å². The summed E-state index contributed by atoms with van der Waals surface area (Å²) in [5.74, 6) is -5.74. The van der Waals surface area contributed by atoms with Crippen molar-refractivity contribution in [3.8, 4) is 0 Å². The van der Waals surface area contributed by atoms with Crippen LogP contribution in [0, 0.1) is 11.8 Å². The molecule has 2 unspecified atom stereocenters. The molecule has 3 aliphatic heterocycles. The molecule has 3 fully saturated rings. The fourth-order valence-corrected chi connectivity index (χ4v) is 5.20. The minimum absolute atomic E-state index is 0.179. The van der Waals surface area contributed by atoms with E-state index in [1.807, 2.05) is 6.92 Å². The van der Waals surface area contributed by atoms with Gasteiger partial charge in [-0.2, -0.15) is 13.2 Å². The average Bonchev–Trinajstić information content (AvgIpc) is 3.12. The first-order chi connectivity index (χ1) is 11.0. The highest BCUT2D eigenvalue weighted by molar-refractivity contribution is 8.01. The van der Waals surface area contributed by atoms with Gasteiger partial charge in [-0.3, -0.25) is 14.4 Å². The molecule has 24 heavy (non-hydrogen) atoms. The minimum atomic E-state index is -4.68. The number of nitrogens with zero attached hydrogens (tertiary/aromatic N) is 2. The quantitative estimate of drug-likeness (QED) is 0.794. The van der Waals surface area contributed by atoms with Crippen molar-refractivity contribution in [3.05, 3.63) is 0 Å². The fraction of sp³-hybridized carbons (Fsp3) is 0.786. The van der Waals surface area contributed by atoms with E-state index in [-0.39, 0.29) is 5.91 Å². The van der Waals surface area contributed by atoms with Crippen LogP contribution in [0.2, 0.25) is 0 Å². The third-order valence-electron chi connectivity index (χ3n) is 5.10. The van der Waals surface area contributed by atoms with Gasteiger partial charge >= 0.3 is 12.1 Å². The van der Waals surface area contributed by atoms with Crippen LogP contribution in [0.25, 0.3) is 0 Å². The average molecular weight is 366 g/mol. The zero-order chi connectivity index (χ0) is 17.9. The first-order valence-electron chi connectivity index (χ1n) is 7.59. The summed E-state index contributed by atoms with van der Waals surface area (Å²) in [6.45, 7) is 0.704. The lowest BCUT2D eigenvalue weighted by molar-refractivity contribution is -0.188. The van der Waals surface area contributed by atoms with Crippen LogP contribution in [-0.2, 0) is 14.4 Å². The lowest BCUT2D eigenvalue weighted by atomic mass is 9.96. The first-order valence-corrected chi connectivity index (χ1v) is 8.57. The number of amides is 2. The number of carboxylic acids is 1. The van der Waals surface area contributed by atoms with E-state index < -0.39 is 53.9 Å². The predicted molar refractivity (Wildman–Crippen MR) is 78.0 cm³/mol. The van der Waals surface area contributed by atoms with Gasteiger partial charge in [-0.25, -0.2) is 0 Å². The Hall–Kier alpha value is -1.45. The summed E-state index contributed by atoms with van der Waals surface area (Å²) in [6.07, 6.45) is -3.76. The Morgan fingerprint density at radius 2 is 2.00 bits per heavy atom. The largest absolute Gasteiger partial charge is 0.481 e. The molecule has 0 aromatic carbocycles. The third kappa shape index (κ3) is 2.64. The summed E-state index contributed by atoms with van der Waals surface area (Å²) in [7, 11) is 0. The number of rotatable bonds is 2. The second kappa shape index (κ2) is 5.53. The van der Waals surface area contributed by atoms with E-state index in [0.717, 1.165) is 4.90 Å². The van der Waals surface area contributed by atoms with Crippen molar-refractivity contribution in [2.75, 3.05) is 18.8 Å². The Morgan fingerprint density at radius 1 is 1.33 bits per heavy atom. The molecule has 3 heterocycles. The molecule has 1 N–H and O–H groups in total. The minimum Gasteiger partial charge on any atom is -0.481 e. The Bertz CT molecular complexity index is 599. The Labute approximate surface area is 140 Å². The standard InChI is InChI=1S/C14H17F3N2O4S/c1-13-3-2-10(20)19(13)9(6-24-13)11(21)18-4-7(12(22)23)8(5-18)14(15,16)17/h7-9H,2-6H2,1H3,(H,22,23)/t7-,8-,9?,13?/m1/s1. The number of carbonyl (C=O) groups excluding carboxylic acids is 2. The van der Waals surface area contributed by atoms with Gasteiger partial charge in [0.05, 0.1) is 16.7 Å². The van der Waals surface area contributed by atoms with Gasteiger partial charge < -0.3 is 14.9 Å². The van der Waals surface area contributed by atoms with Gasteiger partial charge in [-0.05, 0) is 13.3 Å². The van der Waals surface area contributed by atoms with E-state index >= 15 is 0 Å². The van der Waals surface area contributed by atoms with Crippen molar-refractivity contribution < 1.29 is 32.7 Å². The van der Waals surface area contributed by atoms with E-state index in [1.54, 1.807) is 0 Å². The summed E-state index contributed by atoms with van der Waals surface area (Å²) < 4.78 is 39.2. The Balaban J connectivity index is 1.79. The predicted octanol–water partition coefficient (Wildman–Crippen LogP) is 1.16. The van der Waals surface area contributed by atoms with Gasteiger partial charge in [-0.1, -0.05) is 0 Å². The lowest BCUT2D eigenvalue weighted by Gasteiger charge is -2.32. The number of likely N-dealkylation sites (tertiary alicyclic amines) is 1. The molecule has 0 aromatic rings. The van der Waals surface area contributed by atoms with E-state index in [4.69, 9.17) is 5.11 Å². The molecule has 0 saturated carbocycles. The van der Waals surface area contributed by atoms with Crippen molar-refractivity contribution in [3.63, 3.8) is 0 Å². The fourth-order valence-electron chi connectivity index (χ4n) is 3.78. The smallest absolute Gasteiger partial charge is 0.394 e. The number of hydrogen-bond donors (Lipinski definition) is 1. The molecule has 2 amide bonds. The SMILES string of the molecule is CC12CCC(=O)N1C(C(=O)N1C[C@@H](C(F)(F)F)[C@H](C(=O)O)C1)CS2. The molecule has 3 aliphatic rings. The highest BCUT2D eigenvalue weighted by Crippen LogP contribution is 2.48. The van der Waals surface area contributed by atoms with Crippen molar-refractivity contribution in [1.29, 1.82) is 0 Å². The van der Waals surface area contributed by atoms with Gasteiger partial charge in [0.25, 0.3) is 0 Å². The Kier molecular flexibility index (Phi) is 4.01. The van der Waals surface area contributed by atoms with E-state index in [0.29, 0.717) is 18.6 Å². The first kappa shape index (κ1) is 17.4. The van der Waals surface area contributed by atoms with Gasteiger partial charge in [0.1, 0.15) is 6.04 Å². The molecule has 0 aromatic heterocycles. The summed E-state index contributed by atoms with van der Waals surface area (Å²) in [5, 5.41) is 9.04. The molecule has 0 radical (unpaired) electrons. The van der Waals surface area contributed by atoms with Gasteiger partial charge in [0.2, 0.25) is 11.8 Å². The number of thioether (sulfide) groups is 1. The summed E-state index contributed by atoms with van der Waals surface area (Å²) in [4.78, 5) is 37.8. The molecule has 134 valence electrons. The molecule has 0 bridgehead atoms. The normalized spacial score (nSPS) is 36.3. The van der Waals surface area contributed by atoms with Crippen LogP contribution in [0.5, 0.6) is 0 Å². The van der Waals surface area contributed by atoms with Crippen molar-refractivity contribution in [2.45, 2.75) is 36.9 Å². The summed E-state index contributed by atoms with van der Waals surface area (Å²) >= 11 is 1.45. The van der Waals surface area contributed by atoms with Crippen molar-refractivity contribution in [2.24, 2.45) is 11.8 Å². The zero-order valence-corrected chi connectivity index (χ0v) is 13.7. The highest BCUT2D eigenvalue weighted by atomic mass is 32.2. The highest BCUT2D eigenvalue weighted by Gasteiger charge is 2.57. The molecular weight excluding hydrogens is 349 g/mol. The van der Waals surface area contributed by atoms with E-state index in [9.17, 15) is 27.6 Å². The number of alkyl halides is 3. The van der Waals surface area contributed by atoms with E-state index in [2.05, 4.69) is 0 Å². The maximum absolute atomic E-state index is 13.1. The number of carbonyl (C=O) groups is 3.